The van der Waals surface area contributed by atoms with Gasteiger partial charge in [-0.25, -0.2) is 0 Å². The minimum absolute atomic E-state index is 0.227. The number of alkyl halides is 3. The molecule has 0 heterocycles. The maximum absolute atomic E-state index is 13.1. The summed E-state index contributed by atoms with van der Waals surface area (Å²) < 4.78 is 39.8. The van der Waals surface area contributed by atoms with Gasteiger partial charge in [0.1, 0.15) is 0 Å². The molecule has 4 atom stereocenters. The van der Waals surface area contributed by atoms with Crippen molar-refractivity contribution in [3.63, 3.8) is 0 Å². The van der Waals surface area contributed by atoms with Crippen molar-refractivity contribution in [3.05, 3.63) is 28.2 Å². The van der Waals surface area contributed by atoms with E-state index >= 15 is 0 Å². The molecule has 0 spiro atoms. The lowest BCUT2D eigenvalue weighted by Gasteiger charge is -2.17. The minimum atomic E-state index is -4.30. The van der Waals surface area contributed by atoms with Gasteiger partial charge in [0.15, 0.2) is 0 Å². The number of rotatable bonds is 2. The van der Waals surface area contributed by atoms with E-state index < -0.39 is 11.7 Å². The first-order valence-corrected chi connectivity index (χ1v) is 7.88. The van der Waals surface area contributed by atoms with Gasteiger partial charge in [-0.2, -0.15) is 13.2 Å². The van der Waals surface area contributed by atoms with E-state index in [1.54, 1.807) is 6.07 Å². The van der Waals surface area contributed by atoms with E-state index in [-0.39, 0.29) is 11.7 Å². The molecular formula is C15H15BrF3N. The van der Waals surface area contributed by atoms with E-state index in [1.165, 1.54) is 25.3 Å². The molecule has 3 aliphatic carbocycles. The average Bonchev–Trinajstić information content (AvgIpc) is 2.77. The van der Waals surface area contributed by atoms with Crippen molar-refractivity contribution in [2.75, 3.05) is 5.32 Å². The van der Waals surface area contributed by atoms with Gasteiger partial charge in [0.25, 0.3) is 0 Å². The van der Waals surface area contributed by atoms with Crippen molar-refractivity contribution in [3.8, 4) is 0 Å². The second kappa shape index (κ2) is 4.15. The predicted molar refractivity (Wildman–Crippen MR) is 74.4 cm³/mol. The summed E-state index contributed by atoms with van der Waals surface area (Å²) in [6, 6.07) is 4.42. The van der Waals surface area contributed by atoms with Crippen LogP contribution in [0.3, 0.4) is 0 Å². The Hall–Kier alpha value is -0.710. The molecule has 20 heavy (non-hydrogen) atoms. The highest BCUT2D eigenvalue weighted by Gasteiger charge is 2.65. The van der Waals surface area contributed by atoms with Gasteiger partial charge in [0.05, 0.1) is 5.56 Å². The highest BCUT2D eigenvalue weighted by molar-refractivity contribution is 9.10. The first-order chi connectivity index (χ1) is 9.45. The number of halogens is 4. The SMILES string of the molecule is FC(F)(F)c1ccc(Br)cc1NC1C2C3CCC(C3)C12. The van der Waals surface area contributed by atoms with Crippen LogP contribution in [0.25, 0.3) is 0 Å². The number of anilines is 1. The van der Waals surface area contributed by atoms with E-state index in [1.807, 2.05) is 0 Å². The van der Waals surface area contributed by atoms with E-state index in [9.17, 15) is 13.2 Å². The van der Waals surface area contributed by atoms with Gasteiger partial charge in [-0.05, 0) is 61.1 Å². The van der Waals surface area contributed by atoms with Gasteiger partial charge < -0.3 is 5.32 Å². The summed E-state index contributed by atoms with van der Waals surface area (Å²) in [5.41, 5.74) is -0.330. The maximum atomic E-state index is 13.1. The summed E-state index contributed by atoms with van der Waals surface area (Å²) in [6.07, 6.45) is -0.451. The van der Waals surface area contributed by atoms with Crippen LogP contribution in [0, 0.1) is 23.7 Å². The van der Waals surface area contributed by atoms with Gasteiger partial charge in [0, 0.05) is 16.2 Å². The Kier molecular flexibility index (Phi) is 2.70. The second-order valence-electron chi connectivity index (χ2n) is 6.35. The zero-order valence-corrected chi connectivity index (χ0v) is 12.3. The lowest BCUT2D eigenvalue weighted by Crippen LogP contribution is -2.16. The van der Waals surface area contributed by atoms with Crippen molar-refractivity contribution < 1.29 is 13.2 Å². The number of hydrogen-bond acceptors (Lipinski definition) is 1. The monoisotopic (exact) mass is 345 g/mol. The molecule has 0 aromatic heterocycles. The summed E-state index contributed by atoms with van der Waals surface area (Å²) in [7, 11) is 0. The Morgan fingerprint density at radius 3 is 2.35 bits per heavy atom. The number of nitrogens with one attached hydrogen (secondary N) is 1. The Bertz CT molecular complexity index is 541. The van der Waals surface area contributed by atoms with E-state index in [0.29, 0.717) is 16.3 Å². The predicted octanol–water partition coefficient (Wildman–Crippen LogP) is 4.92. The largest absolute Gasteiger partial charge is 0.418 e. The Morgan fingerprint density at radius 1 is 1.10 bits per heavy atom. The van der Waals surface area contributed by atoms with Gasteiger partial charge >= 0.3 is 6.18 Å². The van der Waals surface area contributed by atoms with Crippen LogP contribution in [-0.2, 0) is 6.18 Å². The molecule has 3 saturated carbocycles. The first-order valence-electron chi connectivity index (χ1n) is 7.08. The molecule has 0 radical (unpaired) electrons. The van der Waals surface area contributed by atoms with Crippen molar-refractivity contribution in [1.29, 1.82) is 0 Å². The number of fused-ring (bicyclic) bond motifs is 5. The Balaban J connectivity index is 1.59. The molecule has 5 heteroatoms. The van der Waals surface area contributed by atoms with Crippen molar-refractivity contribution in [2.45, 2.75) is 31.5 Å². The molecule has 3 aliphatic rings. The van der Waals surface area contributed by atoms with Crippen LogP contribution in [0.2, 0.25) is 0 Å². The standard InChI is InChI=1S/C15H15BrF3N/c16-9-3-4-10(15(17,18)19)11(6-9)20-14-12-7-1-2-8(5-7)13(12)14/h3-4,6-8,12-14,20H,1-2,5H2. The summed E-state index contributed by atoms with van der Waals surface area (Å²) in [4.78, 5) is 0. The third kappa shape index (κ3) is 1.89. The minimum Gasteiger partial charge on any atom is -0.381 e. The number of benzene rings is 1. The Labute approximate surface area is 124 Å². The molecule has 4 unspecified atom stereocenters. The van der Waals surface area contributed by atoms with E-state index in [4.69, 9.17) is 0 Å². The summed E-state index contributed by atoms with van der Waals surface area (Å²) in [6.45, 7) is 0. The van der Waals surface area contributed by atoms with Crippen molar-refractivity contribution in [2.24, 2.45) is 23.7 Å². The molecule has 1 aromatic carbocycles. The molecule has 1 N–H and O–H groups in total. The number of hydrogen-bond donors (Lipinski definition) is 1. The van der Waals surface area contributed by atoms with Crippen LogP contribution in [-0.4, -0.2) is 6.04 Å². The van der Waals surface area contributed by atoms with Gasteiger partial charge in [-0.15, -0.1) is 0 Å². The normalized spacial score (nSPS) is 37.9. The fourth-order valence-electron chi connectivity index (χ4n) is 4.58. The third-order valence-electron chi connectivity index (χ3n) is 5.34. The lowest BCUT2D eigenvalue weighted by molar-refractivity contribution is -0.137. The molecule has 0 amide bonds. The molecule has 1 aromatic rings. The molecule has 4 rings (SSSR count). The third-order valence-corrected chi connectivity index (χ3v) is 5.84. The highest BCUT2D eigenvalue weighted by atomic mass is 79.9. The first kappa shape index (κ1) is 13.0. The maximum Gasteiger partial charge on any atom is 0.418 e. The van der Waals surface area contributed by atoms with Crippen LogP contribution in [0.1, 0.15) is 24.8 Å². The summed E-state index contributed by atoms with van der Waals surface area (Å²) >= 11 is 3.26. The summed E-state index contributed by atoms with van der Waals surface area (Å²) in [5, 5.41) is 3.18. The van der Waals surface area contributed by atoms with Crippen LogP contribution < -0.4 is 5.32 Å². The van der Waals surface area contributed by atoms with Crippen LogP contribution in [0.4, 0.5) is 18.9 Å². The molecular weight excluding hydrogens is 331 g/mol. The molecule has 0 aliphatic heterocycles. The van der Waals surface area contributed by atoms with Crippen molar-refractivity contribution >= 4 is 21.6 Å². The zero-order chi connectivity index (χ0) is 14.1. The zero-order valence-electron chi connectivity index (χ0n) is 10.8. The average molecular weight is 346 g/mol. The van der Waals surface area contributed by atoms with Crippen LogP contribution >= 0.6 is 15.9 Å². The van der Waals surface area contributed by atoms with E-state index in [0.717, 1.165) is 17.9 Å². The van der Waals surface area contributed by atoms with Gasteiger partial charge in [-0.1, -0.05) is 15.9 Å². The second-order valence-corrected chi connectivity index (χ2v) is 7.26. The van der Waals surface area contributed by atoms with Gasteiger partial charge in [-0.3, -0.25) is 0 Å². The fourth-order valence-corrected chi connectivity index (χ4v) is 4.94. The smallest absolute Gasteiger partial charge is 0.381 e. The van der Waals surface area contributed by atoms with Crippen LogP contribution in [0.5, 0.6) is 0 Å². The topological polar surface area (TPSA) is 12.0 Å². The van der Waals surface area contributed by atoms with Crippen molar-refractivity contribution in [1.82, 2.24) is 0 Å². The van der Waals surface area contributed by atoms with E-state index in [2.05, 4.69) is 21.2 Å². The molecule has 108 valence electrons. The van der Waals surface area contributed by atoms with Gasteiger partial charge in [0.2, 0.25) is 0 Å². The highest BCUT2D eigenvalue weighted by Crippen LogP contribution is 2.66. The molecule has 0 saturated heterocycles. The molecule has 3 fully saturated rings. The molecule has 1 nitrogen and oxygen atoms in total. The quantitative estimate of drug-likeness (QED) is 0.801. The fraction of sp³-hybridized carbons (Fsp3) is 0.600. The summed E-state index contributed by atoms with van der Waals surface area (Å²) in [5.74, 6) is 2.75. The van der Waals surface area contributed by atoms with Crippen LogP contribution in [0.15, 0.2) is 22.7 Å². The lowest BCUT2D eigenvalue weighted by atomic mass is 10.0. The Morgan fingerprint density at radius 2 is 1.75 bits per heavy atom. The molecule has 2 bridgehead atoms.